The van der Waals surface area contributed by atoms with Crippen molar-refractivity contribution < 1.29 is 9.59 Å². The second kappa shape index (κ2) is 11.9. The van der Waals surface area contributed by atoms with Crippen molar-refractivity contribution in [3.63, 3.8) is 0 Å². The molecule has 0 spiro atoms. The Bertz CT molecular complexity index is 1240. The molecule has 0 aliphatic rings. The largest absolute Gasteiger partial charge is 0.326 e. The quantitative estimate of drug-likeness (QED) is 0.329. The number of nitrogens with one attached hydrogen (secondary N) is 2. The lowest BCUT2D eigenvalue weighted by Gasteiger charge is -2.16. The molecule has 0 saturated carbocycles. The maximum absolute atomic E-state index is 12.8. The molecule has 0 aromatic heterocycles. The Kier molecular flexibility index (Phi) is 8.92. The molecule has 2 N–H and O–H groups in total. The molecule has 5 nitrogen and oxygen atoms in total. The normalized spacial score (nSPS) is 11.6. The van der Waals surface area contributed by atoms with E-state index < -0.39 is 5.92 Å². The van der Waals surface area contributed by atoms with Crippen molar-refractivity contribution in [1.82, 2.24) is 0 Å². The van der Waals surface area contributed by atoms with Crippen molar-refractivity contribution >= 4 is 46.4 Å². The Hall–Kier alpha value is -3.33. The third-order valence-electron chi connectivity index (χ3n) is 6.01. The summed E-state index contributed by atoms with van der Waals surface area (Å²) in [5.74, 6) is -0.920. The van der Waals surface area contributed by atoms with Gasteiger partial charge in [-0.1, -0.05) is 55.2 Å². The number of hydrogen-bond donors (Lipinski definition) is 2. The second-order valence-electron chi connectivity index (χ2n) is 8.34. The fraction of sp³-hybridized carbons (Fsp3) is 0.250. The molecule has 0 radical (unpaired) electrons. The number of hydrogen-bond acceptors (Lipinski definition) is 3. The fourth-order valence-corrected chi connectivity index (χ4v) is 4.24. The van der Waals surface area contributed by atoms with Gasteiger partial charge in [0.2, 0.25) is 5.91 Å². The van der Waals surface area contributed by atoms with Gasteiger partial charge in [0.1, 0.15) is 0 Å². The summed E-state index contributed by atoms with van der Waals surface area (Å²) < 4.78 is 0. The van der Waals surface area contributed by atoms with Gasteiger partial charge in [0.15, 0.2) is 0 Å². The summed E-state index contributed by atoms with van der Waals surface area (Å²) in [6.45, 7) is 5.82. The number of amides is 2. The highest BCUT2D eigenvalue weighted by Crippen LogP contribution is 2.34. The molecule has 1 unspecified atom stereocenters. The molecule has 35 heavy (non-hydrogen) atoms. The Labute approximate surface area is 216 Å². The van der Waals surface area contributed by atoms with Crippen LogP contribution < -0.4 is 10.6 Å². The highest BCUT2D eigenvalue weighted by molar-refractivity contribution is 6.32. The van der Waals surface area contributed by atoms with E-state index in [-0.39, 0.29) is 17.7 Å². The Morgan fingerprint density at radius 3 is 2.14 bits per heavy atom. The number of rotatable bonds is 8. The van der Waals surface area contributed by atoms with Crippen LogP contribution in [0.2, 0.25) is 10.0 Å². The van der Waals surface area contributed by atoms with Crippen molar-refractivity contribution in [2.75, 3.05) is 10.6 Å². The molecule has 180 valence electrons. The summed E-state index contributed by atoms with van der Waals surface area (Å²) >= 11 is 12.5. The van der Waals surface area contributed by atoms with Crippen LogP contribution in [0.1, 0.15) is 59.7 Å². The summed E-state index contributed by atoms with van der Waals surface area (Å²) in [6.07, 6.45) is 1.55. The minimum absolute atomic E-state index is 0.0215. The summed E-state index contributed by atoms with van der Waals surface area (Å²) in [5, 5.41) is 16.5. The van der Waals surface area contributed by atoms with Crippen LogP contribution in [0.4, 0.5) is 11.4 Å². The molecule has 0 fully saturated rings. The molecule has 7 heteroatoms. The van der Waals surface area contributed by atoms with E-state index in [1.54, 1.807) is 54.6 Å². The molecule has 0 bridgehead atoms. The number of anilines is 2. The lowest BCUT2D eigenvalue weighted by atomic mass is 9.91. The molecule has 0 aliphatic carbocycles. The zero-order chi connectivity index (χ0) is 25.5. The highest BCUT2D eigenvalue weighted by atomic mass is 35.5. The van der Waals surface area contributed by atoms with Crippen LogP contribution >= 0.6 is 23.2 Å². The van der Waals surface area contributed by atoms with Gasteiger partial charge >= 0.3 is 0 Å². The van der Waals surface area contributed by atoms with E-state index in [4.69, 9.17) is 23.2 Å². The number of halogens is 2. The van der Waals surface area contributed by atoms with Gasteiger partial charge in [-0.15, -0.1) is 0 Å². The third-order valence-corrected chi connectivity index (χ3v) is 6.59. The number of nitrogens with zero attached hydrogens (tertiary/aromatic N) is 1. The third kappa shape index (κ3) is 6.42. The van der Waals surface area contributed by atoms with E-state index in [0.717, 1.165) is 24.0 Å². The molecule has 3 aromatic rings. The average Bonchev–Trinajstić information content (AvgIpc) is 2.84. The van der Waals surface area contributed by atoms with Crippen molar-refractivity contribution in [3.05, 3.63) is 93.0 Å². The molecular weight excluding hydrogens is 481 g/mol. The first-order chi connectivity index (χ1) is 16.8. The van der Waals surface area contributed by atoms with E-state index >= 15 is 0 Å². The van der Waals surface area contributed by atoms with E-state index in [0.29, 0.717) is 32.5 Å². The summed E-state index contributed by atoms with van der Waals surface area (Å²) in [6, 6.07) is 19.6. The van der Waals surface area contributed by atoms with Gasteiger partial charge in [0.25, 0.3) is 5.91 Å². The Morgan fingerprint density at radius 1 is 0.943 bits per heavy atom. The minimum atomic E-state index is -0.564. The smallest absolute Gasteiger partial charge is 0.255 e. The monoisotopic (exact) mass is 507 g/mol. The predicted molar refractivity (Wildman–Crippen MR) is 142 cm³/mol. The van der Waals surface area contributed by atoms with Crippen LogP contribution in [0.5, 0.6) is 0 Å². The summed E-state index contributed by atoms with van der Waals surface area (Å²) in [4.78, 5) is 25.1. The predicted octanol–water partition coefficient (Wildman–Crippen LogP) is 7.58. The van der Waals surface area contributed by atoms with Crippen LogP contribution in [0.25, 0.3) is 0 Å². The molecule has 0 heterocycles. The van der Waals surface area contributed by atoms with Gasteiger partial charge in [0, 0.05) is 32.9 Å². The zero-order valence-corrected chi connectivity index (χ0v) is 21.4. The maximum Gasteiger partial charge on any atom is 0.255 e. The minimum Gasteiger partial charge on any atom is -0.326 e. The van der Waals surface area contributed by atoms with Crippen LogP contribution in [0, 0.1) is 24.2 Å². The number of aryl methyl sites for hydroxylation is 1. The lowest BCUT2D eigenvalue weighted by Crippen LogP contribution is -2.21. The van der Waals surface area contributed by atoms with E-state index in [2.05, 4.69) is 16.7 Å². The number of carbonyl (C=O) groups is 2. The van der Waals surface area contributed by atoms with Crippen LogP contribution in [0.3, 0.4) is 0 Å². The van der Waals surface area contributed by atoms with Crippen LogP contribution in [0.15, 0.2) is 60.7 Å². The second-order valence-corrected chi connectivity index (χ2v) is 9.18. The van der Waals surface area contributed by atoms with Gasteiger partial charge in [0.05, 0.1) is 12.0 Å². The van der Waals surface area contributed by atoms with Gasteiger partial charge in [-0.2, -0.15) is 5.26 Å². The summed E-state index contributed by atoms with van der Waals surface area (Å²) in [5.41, 5.74) is 3.87. The van der Waals surface area contributed by atoms with Gasteiger partial charge < -0.3 is 10.6 Å². The standard InChI is InChI=1S/C28H27Cl2N3O2/c1-4-18(5-2)27(34)32-22-12-8-20(9-13-22)28(35)33-26-15-25(30)23(14-17(26)3)24(16-31)19-6-10-21(29)11-7-19/h6-15,18,24H,4-5H2,1-3H3,(H,32,34)(H,33,35). The first-order valence-corrected chi connectivity index (χ1v) is 12.2. The summed E-state index contributed by atoms with van der Waals surface area (Å²) in [7, 11) is 0. The average molecular weight is 508 g/mol. The van der Waals surface area contributed by atoms with Gasteiger partial charge in [-0.3, -0.25) is 9.59 Å². The number of benzene rings is 3. The van der Waals surface area contributed by atoms with E-state index in [1.807, 2.05) is 26.8 Å². The van der Waals surface area contributed by atoms with Crippen LogP contribution in [-0.2, 0) is 4.79 Å². The zero-order valence-electron chi connectivity index (χ0n) is 19.9. The maximum atomic E-state index is 12.8. The van der Waals surface area contributed by atoms with E-state index in [9.17, 15) is 14.9 Å². The van der Waals surface area contributed by atoms with Gasteiger partial charge in [-0.25, -0.2) is 0 Å². The fourth-order valence-electron chi connectivity index (χ4n) is 3.84. The van der Waals surface area contributed by atoms with Crippen molar-refractivity contribution in [2.24, 2.45) is 5.92 Å². The lowest BCUT2D eigenvalue weighted by molar-refractivity contribution is -0.120. The Morgan fingerprint density at radius 2 is 1.57 bits per heavy atom. The topological polar surface area (TPSA) is 82.0 Å². The van der Waals surface area contributed by atoms with Gasteiger partial charge in [-0.05, 0) is 78.9 Å². The first-order valence-electron chi connectivity index (χ1n) is 11.4. The number of nitriles is 1. The molecule has 3 aromatic carbocycles. The van der Waals surface area contributed by atoms with Crippen molar-refractivity contribution in [2.45, 2.75) is 39.5 Å². The SMILES string of the molecule is CCC(CC)C(=O)Nc1ccc(C(=O)Nc2cc(Cl)c(C(C#N)c3ccc(Cl)cc3)cc2C)cc1. The molecular formula is C28H27Cl2N3O2. The highest BCUT2D eigenvalue weighted by Gasteiger charge is 2.19. The molecule has 0 saturated heterocycles. The molecule has 1 atom stereocenters. The molecule has 0 aliphatic heterocycles. The number of carbonyl (C=O) groups excluding carboxylic acids is 2. The van der Waals surface area contributed by atoms with Crippen LogP contribution in [-0.4, -0.2) is 11.8 Å². The molecule has 2 amide bonds. The van der Waals surface area contributed by atoms with E-state index in [1.165, 1.54) is 0 Å². The first kappa shape index (κ1) is 26.3. The van der Waals surface area contributed by atoms with Crippen molar-refractivity contribution in [1.29, 1.82) is 5.26 Å². The Balaban J connectivity index is 1.75. The molecule has 3 rings (SSSR count). The van der Waals surface area contributed by atoms with Crippen molar-refractivity contribution in [3.8, 4) is 6.07 Å².